The molecule has 1 saturated heterocycles. The van der Waals surface area contributed by atoms with Crippen LogP contribution in [-0.2, 0) is 19.6 Å². The molecule has 1 heterocycles. The molecule has 0 saturated carbocycles. The number of carbonyl (C=O) groups is 2. The van der Waals surface area contributed by atoms with Gasteiger partial charge in [-0.2, -0.15) is 4.31 Å². The molecule has 2 rings (SSSR count). The number of likely N-dealkylation sites (N-methyl/N-ethyl adjacent to an activating group) is 1. The molecule has 1 aliphatic heterocycles. The summed E-state index contributed by atoms with van der Waals surface area (Å²) in [6, 6.07) is 9.19. The molecule has 0 unspecified atom stereocenters. The minimum atomic E-state index is -3.45. The zero-order chi connectivity index (χ0) is 17.2. The quantitative estimate of drug-likeness (QED) is 0.826. The molecule has 8 heteroatoms. The lowest BCUT2D eigenvalue weighted by molar-refractivity contribution is -0.141. The van der Waals surface area contributed by atoms with Crippen LogP contribution in [0.3, 0.4) is 0 Å². The highest BCUT2D eigenvalue weighted by molar-refractivity contribution is 7.88. The molecule has 1 aromatic rings. The second kappa shape index (κ2) is 6.67. The van der Waals surface area contributed by atoms with Gasteiger partial charge in [-0.25, -0.2) is 8.42 Å². The van der Waals surface area contributed by atoms with Gasteiger partial charge in [-0.1, -0.05) is 30.3 Å². The van der Waals surface area contributed by atoms with Gasteiger partial charge < -0.3 is 10.0 Å². The molecule has 0 radical (unpaired) electrons. The van der Waals surface area contributed by atoms with Crippen molar-refractivity contribution in [2.75, 3.05) is 32.9 Å². The first kappa shape index (κ1) is 17.4. The Morgan fingerprint density at radius 2 is 1.87 bits per heavy atom. The molecule has 23 heavy (non-hydrogen) atoms. The van der Waals surface area contributed by atoms with E-state index in [0.29, 0.717) is 0 Å². The standard InChI is InChI=1S/C15H20N2O5S/c1-16(23(2,21)22)10-14(18)17-8-12(13(9-17)15(19)20)11-6-4-3-5-7-11/h3-7,12-13H,8-10H2,1-2H3,(H,19,20)/t12-,13-/m0/s1. The van der Waals surface area contributed by atoms with Crippen LogP contribution in [-0.4, -0.2) is 67.5 Å². The van der Waals surface area contributed by atoms with Gasteiger partial charge >= 0.3 is 5.97 Å². The number of hydrogen-bond acceptors (Lipinski definition) is 4. The van der Waals surface area contributed by atoms with Crippen LogP contribution in [0.4, 0.5) is 0 Å². The highest BCUT2D eigenvalue weighted by atomic mass is 32.2. The third-order valence-corrected chi connectivity index (χ3v) is 5.40. The molecule has 126 valence electrons. The van der Waals surface area contributed by atoms with E-state index >= 15 is 0 Å². The summed E-state index contributed by atoms with van der Waals surface area (Å²) in [6.45, 7) is 0.0788. The van der Waals surface area contributed by atoms with E-state index in [1.807, 2.05) is 30.3 Å². The van der Waals surface area contributed by atoms with E-state index in [9.17, 15) is 23.1 Å². The summed E-state index contributed by atoms with van der Waals surface area (Å²) < 4.78 is 23.8. The third kappa shape index (κ3) is 4.08. The molecule has 0 aromatic heterocycles. The van der Waals surface area contributed by atoms with Crippen LogP contribution in [0.5, 0.6) is 0 Å². The lowest BCUT2D eigenvalue weighted by Crippen LogP contribution is -2.40. The van der Waals surface area contributed by atoms with Crippen LogP contribution < -0.4 is 0 Å². The number of benzene rings is 1. The van der Waals surface area contributed by atoms with E-state index in [0.717, 1.165) is 16.1 Å². The van der Waals surface area contributed by atoms with Crippen molar-refractivity contribution in [1.29, 1.82) is 0 Å². The van der Waals surface area contributed by atoms with E-state index in [4.69, 9.17) is 0 Å². The van der Waals surface area contributed by atoms with E-state index in [-0.39, 0.29) is 31.5 Å². The fourth-order valence-corrected chi connectivity index (χ4v) is 3.05. The van der Waals surface area contributed by atoms with Gasteiger partial charge in [0.05, 0.1) is 18.7 Å². The van der Waals surface area contributed by atoms with Crippen LogP contribution in [0.25, 0.3) is 0 Å². The normalized spacial score (nSPS) is 21.6. The summed E-state index contributed by atoms with van der Waals surface area (Å²) in [5, 5.41) is 9.41. The van der Waals surface area contributed by atoms with Crippen LogP contribution >= 0.6 is 0 Å². The zero-order valence-corrected chi connectivity index (χ0v) is 13.9. The van der Waals surface area contributed by atoms with Gasteiger partial charge in [0.1, 0.15) is 0 Å². The van der Waals surface area contributed by atoms with Crippen LogP contribution in [0.1, 0.15) is 11.5 Å². The lowest BCUT2D eigenvalue weighted by Gasteiger charge is -2.20. The summed E-state index contributed by atoms with van der Waals surface area (Å²) in [5.74, 6) is -2.32. The van der Waals surface area contributed by atoms with Crippen molar-refractivity contribution in [3.05, 3.63) is 35.9 Å². The Bertz CT molecular complexity index is 689. The van der Waals surface area contributed by atoms with E-state index < -0.39 is 21.9 Å². The predicted octanol–water partition coefficient (Wildman–Crippen LogP) is 0.205. The minimum Gasteiger partial charge on any atom is -0.481 e. The number of rotatable bonds is 5. The van der Waals surface area contributed by atoms with Crippen molar-refractivity contribution in [2.45, 2.75) is 5.92 Å². The highest BCUT2D eigenvalue weighted by Gasteiger charge is 2.40. The molecule has 2 atom stereocenters. The predicted molar refractivity (Wildman–Crippen MR) is 84.4 cm³/mol. The van der Waals surface area contributed by atoms with Gasteiger partial charge in [0.25, 0.3) is 0 Å². The zero-order valence-electron chi connectivity index (χ0n) is 13.0. The Kier molecular flexibility index (Phi) is 5.06. The Morgan fingerprint density at radius 1 is 1.26 bits per heavy atom. The third-order valence-electron chi connectivity index (χ3n) is 4.14. The Labute approximate surface area is 135 Å². The fourth-order valence-electron chi connectivity index (χ4n) is 2.70. The number of carboxylic acid groups (broad SMARTS) is 1. The smallest absolute Gasteiger partial charge is 0.308 e. The first-order chi connectivity index (χ1) is 10.7. The molecular formula is C15H20N2O5S. The summed E-state index contributed by atoms with van der Waals surface area (Å²) in [5.41, 5.74) is 0.867. The Balaban J connectivity index is 2.14. The van der Waals surface area contributed by atoms with Crippen molar-refractivity contribution >= 4 is 21.9 Å². The van der Waals surface area contributed by atoms with Gasteiger partial charge in [0.15, 0.2) is 0 Å². The highest BCUT2D eigenvalue weighted by Crippen LogP contribution is 2.32. The number of nitrogens with zero attached hydrogens (tertiary/aromatic N) is 2. The molecule has 1 fully saturated rings. The molecule has 1 amide bonds. The average molecular weight is 340 g/mol. The number of carboxylic acids is 1. The first-order valence-electron chi connectivity index (χ1n) is 7.17. The maximum absolute atomic E-state index is 12.3. The fraction of sp³-hybridized carbons (Fsp3) is 0.467. The van der Waals surface area contributed by atoms with Crippen molar-refractivity contribution in [3.63, 3.8) is 0 Å². The molecule has 1 N–H and O–H groups in total. The van der Waals surface area contributed by atoms with Crippen molar-refractivity contribution in [1.82, 2.24) is 9.21 Å². The monoisotopic (exact) mass is 340 g/mol. The number of sulfonamides is 1. The van der Waals surface area contributed by atoms with Crippen molar-refractivity contribution in [3.8, 4) is 0 Å². The van der Waals surface area contributed by atoms with Gasteiger partial charge in [-0.15, -0.1) is 0 Å². The Morgan fingerprint density at radius 3 is 2.39 bits per heavy atom. The van der Waals surface area contributed by atoms with Crippen LogP contribution in [0.2, 0.25) is 0 Å². The molecule has 0 spiro atoms. The second-order valence-corrected chi connectivity index (χ2v) is 7.87. The number of carbonyl (C=O) groups excluding carboxylic acids is 1. The van der Waals surface area contributed by atoms with Crippen LogP contribution in [0.15, 0.2) is 30.3 Å². The second-order valence-electron chi connectivity index (χ2n) is 5.78. The minimum absolute atomic E-state index is 0.0886. The maximum Gasteiger partial charge on any atom is 0.308 e. The molecule has 7 nitrogen and oxygen atoms in total. The molecule has 0 aliphatic carbocycles. The molecule has 1 aromatic carbocycles. The number of aliphatic carboxylic acids is 1. The van der Waals surface area contributed by atoms with Gasteiger partial charge in [0, 0.05) is 26.1 Å². The van der Waals surface area contributed by atoms with Crippen LogP contribution in [0, 0.1) is 5.92 Å². The number of likely N-dealkylation sites (tertiary alicyclic amines) is 1. The van der Waals surface area contributed by atoms with E-state index in [2.05, 4.69) is 0 Å². The maximum atomic E-state index is 12.3. The first-order valence-corrected chi connectivity index (χ1v) is 9.02. The summed E-state index contributed by atoms with van der Waals surface area (Å²) >= 11 is 0. The lowest BCUT2D eigenvalue weighted by atomic mass is 9.89. The largest absolute Gasteiger partial charge is 0.481 e. The van der Waals surface area contributed by atoms with E-state index in [1.54, 1.807) is 0 Å². The topological polar surface area (TPSA) is 95.0 Å². The van der Waals surface area contributed by atoms with Crippen molar-refractivity contribution in [2.24, 2.45) is 5.92 Å². The summed E-state index contributed by atoms with van der Waals surface area (Å²) in [6.07, 6.45) is 1.02. The van der Waals surface area contributed by atoms with E-state index in [1.165, 1.54) is 11.9 Å². The molecular weight excluding hydrogens is 320 g/mol. The Hall–Kier alpha value is -1.93. The van der Waals surface area contributed by atoms with Gasteiger partial charge in [0.2, 0.25) is 15.9 Å². The van der Waals surface area contributed by atoms with Gasteiger partial charge in [-0.05, 0) is 5.56 Å². The van der Waals surface area contributed by atoms with Gasteiger partial charge in [-0.3, -0.25) is 9.59 Å². The average Bonchev–Trinajstić information content (AvgIpc) is 2.92. The van der Waals surface area contributed by atoms with Crippen molar-refractivity contribution < 1.29 is 23.1 Å². The summed E-state index contributed by atoms with van der Waals surface area (Å²) in [7, 11) is -2.13. The molecule has 1 aliphatic rings. The number of amides is 1. The SMILES string of the molecule is CN(CC(=O)N1C[C@H](C(=O)O)[C@H](c2ccccc2)C1)S(C)(=O)=O. The number of hydrogen-bond donors (Lipinski definition) is 1. The molecule has 0 bridgehead atoms. The summed E-state index contributed by atoms with van der Waals surface area (Å²) in [4.78, 5) is 25.2.